The van der Waals surface area contributed by atoms with E-state index < -0.39 is 11.8 Å². The highest BCUT2D eigenvalue weighted by molar-refractivity contribution is 5.92. The molecule has 4 aromatic rings. The van der Waals surface area contributed by atoms with Gasteiger partial charge in [0.15, 0.2) is 0 Å². The maximum absolute atomic E-state index is 14.3. The molecule has 9 heteroatoms. The van der Waals surface area contributed by atoms with Crippen molar-refractivity contribution in [3.05, 3.63) is 88.6 Å². The first-order valence-electron chi connectivity index (χ1n) is 15.1. The molecule has 1 N–H and O–H groups in total. The Bertz CT molecular complexity index is 1730. The Morgan fingerprint density at radius 1 is 1.14 bits per heavy atom. The minimum absolute atomic E-state index is 0.0459. The van der Waals surface area contributed by atoms with E-state index in [1.54, 1.807) is 30.3 Å². The van der Waals surface area contributed by atoms with Crippen molar-refractivity contribution in [2.45, 2.75) is 76.0 Å². The molecular weight excluding hydrogens is 547 g/mol. The van der Waals surface area contributed by atoms with Crippen LogP contribution in [0.5, 0.6) is 5.88 Å². The number of hydrogen-bond donors (Lipinski definition) is 1. The molecule has 2 aliphatic carbocycles. The fourth-order valence-corrected chi connectivity index (χ4v) is 7.10. The van der Waals surface area contributed by atoms with Gasteiger partial charge in [-0.05, 0) is 86.8 Å². The van der Waals surface area contributed by atoms with Gasteiger partial charge in [-0.2, -0.15) is 5.26 Å². The van der Waals surface area contributed by atoms with Crippen molar-refractivity contribution in [2.75, 3.05) is 6.61 Å². The van der Waals surface area contributed by atoms with Crippen molar-refractivity contribution in [1.82, 2.24) is 14.5 Å². The molecule has 1 saturated heterocycles. The van der Waals surface area contributed by atoms with Crippen LogP contribution in [0.25, 0.3) is 11.0 Å². The Labute approximate surface area is 249 Å². The Balaban J connectivity index is 1.04. The lowest BCUT2D eigenvalue weighted by molar-refractivity contribution is 0.0697. The molecule has 3 aliphatic rings. The average Bonchev–Trinajstić information content (AvgIpc) is 3.32. The maximum atomic E-state index is 14.3. The van der Waals surface area contributed by atoms with Gasteiger partial charge in [-0.3, -0.25) is 0 Å². The second-order valence-electron chi connectivity index (χ2n) is 12.2. The molecule has 1 spiro atoms. The Morgan fingerprint density at radius 2 is 2.00 bits per heavy atom. The molecule has 2 unspecified atom stereocenters. The highest BCUT2D eigenvalue weighted by Crippen LogP contribution is 2.67. The Hall–Kier alpha value is -4.29. The predicted octanol–water partition coefficient (Wildman–Crippen LogP) is 6.73. The van der Waals surface area contributed by atoms with E-state index in [9.17, 15) is 14.3 Å². The normalized spacial score (nSPS) is 24.7. The van der Waals surface area contributed by atoms with Gasteiger partial charge in [0.1, 0.15) is 18.2 Å². The SMILES string of the molecule is N#Cc1ccc(COc2cccc(C3CCC4(CC3)CC4c3nc4ccc(C(=O)O)cc4n3CC3CCCO3)n2)c(F)c1. The molecule has 0 bridgehead atoms. The second kappa shape index (κ2) is 11.1. The average molecular weight is 581 g/mol. The predicted molar refractivity (Wildman–Crippen MR) is 156 cm³/mol. The quantitative estimate of drug-likeness (QED) is 0.246. The van der Waals surface area contributed by atoms with E-state index in [0.717, 1.165) is 74.1 Å². The lowest BCUT2D eigenvalue weighted by Gasteiger charge is -2.29. The van der Waals surface area contributed by atoms with Gasteiger partial charge >= 0.3 is 5.97 Å². The lowest BCUT2D eigenvalue weighted by atomic mass is 9.77. The zero-order chi connectivity index (χ0) is 29.6. The first kappa shape index (κ1) is 27.5. The van der Waals surface area contributed by atoms with Crippen LogP contribution in [0.15, 0.2) is 54.6 Å². The number of ether oxygens (including phenoxy) is 2. The number of nitrogens with zero attached hydrogens (tertiary/aromatic N) is 4. The van der Waals surface area contributed by atoms with Gasteiger partial charge in [-0.15, -0.1) is 0 Å². The standard InChI is InChI=1S/C34H33FN4O4/c35-27-15-21(18-36)6-7-24(27)20-43-31-5-1-4-28(37-31)22-10-12-34(13-11-22)17-26(34)32-38-29-9-8-23(33(40)41)16-30(29)39(32)19-25-3-2-14-42-25/h1,4-9,15-16,22,25-26H,2-3,10-14,17,19-20H2,(H,40,41). The fraction of sp³-hybridized carbons (Fsp3) is 0.412. The molecule has 3 heterocycles. The van der Waals surface area contributed by atoms with Gasteiger partial charge < -0.3 is 19.1 Å². The summed E-state index contributed by atoms with van der Waals surface area (Å²) < 4.78 is 28.3. The van der Waals surface area contributed by atoms with Crippen molar-refractivity contribution in [3.8, 4) is 11.9 Å². The van der Waals surface area contributed by atoms with E-state index >= 15 is 0 Å². The summed E-state index contributed by atoms with van der Waals surface area (Å²) in [6.45, 7) is 1.52. The minimum atomic E-state index is -0.931. The number of rotatable bonds is 8. The number of nitriles is 1. The van der Waals surface area contributed by atoms with E-state index in [2.05, 4.69) is 4.57 Å². The molecule has 3 fully saturated rings. The highest BCUT2D eigenvalue weighted by atomic mass is 19.1. The third-order valence-corrected chi connectivity index (χ3v) is 9.64. The summed E-state index contributed by atoms with van der Waals surface area (Å²) in [6.07, 6.45) is 7.47. The summed E-state index contributed by atoms with van der Waals surface area (Å²) in [5, 5.41) is 18.6. The summed E-state index contributed by atoms with van der Waals surface area (Å²) in [5.74, 6) is 0.813. The van der Waals surface area contributed by atoms with Gasteiger partial charge in [0.25, 0.3) is 0 Å². The Kier molecular flexibility index (Phi) is 7.10. The number of carbonyl (C=O) groups is 1. The van der Waals surface area contributed by atoms with Gasteiger partial charge in [-0.1, -0.05) is 12.1 Å². The smallest absolute Gasteiger partial charge is 0.335 e. The lowest BCUT2D eigenvalue weighted by Crippen LogP contribution is -2.20. The van der Waals surface area contributed by atoms with Gasteiger partial charge in [0, 0.05) is 35.8 Å². The van der Waals surface area contributed by atoms with E-state index in [1.807, 2.05) is 24.3 Å². The molecule has 220 valence electrons. The summed E-state index contributed by atoms with van der Waals surface area (Å²) in [4.78, 5) is 21.5. The van der Waals surface area contributed by atoms with Crippen molar-refractivity contribution >= 4 is 17.0 Å². The van der Waals surface area contributed by atoms with Crippen LogP contribution in [-0.4, -0.2) is 38.3 Å². The van der Waals surface area contributed by atoms with E-state index in [1.165, 1.54) is 6.07 Å². The molecule has 1 aliphatic heterocycles. The zero-order valence-corrected chi connectivity index (χ0v) is 23.8. The summed E-state index contributed by atoms with van der Waals surface area (Å²) >= 11 is 0. The highest BCUT2D eigenvalue weighted by Gasteiger charge is 2.57. The summed E-state index contributed by atoms with van der Waals surface area (Å²) in [5.41, 5.74) is 3.87. The molecule has 0 radical (unpaired) electrons. The van der Waals surface area contributed by atoms with Crippen LogP contribution in [0, 0.1) is 22.6 Å². The third kappa shape index (κ3) is 5.36. The topological polar surface area (TPSA) is 110 Å². The van der Waals surface area contributed by atoms with E-state index in [4.69, 9.17) is 24.7 Å². The molecule has 2 atom stereocenters. The number of benzene rings is 2. The molecule has 2 aromatic heterocycles. The van der Waals surface area contributed by atoms with Crippen LogP contribution in [-0.2, 0) is 17.9 Å². The summed E-state index contributed by atoms with van der Waals surface area (Å²) in [6, 6.07) is 17.3. The largest absolute Gasteiger partial charge is 0.478 e. The van der Waals surface area contributed by atoms with E-state index in [0.29, 0.717) is 29.8 Å². The molecule has 43 heavy (non-hydrogen) atoms. The number of pyridine rings is 1. The van der Waals surface area contributed by atoms with Crippen molar-refractivity contribution < 1.29 is 23.8 Å². The van der Waals surface area contributed by atoms with Crippen LogP contribution in [0.3, 0.4) is 0 Å². The first-order chi connectivity index (χ1) is 20.9. The molecular formula is C34H33FN4O4. The number of imidazole rings is 1. The fourth-order valence-electron chi connectivity index (χ4n) is 7.10. The number of hydrogen-bond acceptors (Lipinski definition) is 6. The zero-order valence-electron chi connectivity index (χ0n) is 23.8. The molecule has 2 aromatic carbocycles. The van der Waals surface area contributed by atoms with Crippen LogP contribution in [0.1, 0.15) is 89.8 Å². The van der Waals surface area contributed by atoms with Crippen molar-refractivity contribution in [3.63, 3.8) is 0 Å². The molecule has 7 rings (SSSR count). The number of aromatic nitrogens is 3. The van der Waals surface area contributed by atoms with Crippen LogP contribution < -0.4 is 4.74 Å². The van der Waals surface area contributed by atoms with Crippen LogP contribution in [0.2, 0.25) is 0 Å². The second-order valence-corrected chi connectivity index (χ2v) is 12.2. The van der Waals surface area contributed by atoms with Gasteiger partial charge in [0.2, 0.25) is 5.88 Å². The maximum Gasteiger partial charge on any atom is 0.335 e. The number of fused-ring (bicyclic) bond motifs is 1. The number of halogens is 1. The summed E-state index contributed by atoms with van der Waals surface area (Å²) in [7, 11) is 0. The van der Waals surface area contributed by atoms with Crippen LogP contribution >= 0.6 is 0 Å². The molecule has 2 saturated carbocycles. The van der Waals surface area contributed by atoms with Crippen molar-refractivity contribution in [2.24, 2.45) is 5.41 Å². The van der Waals surface area contributed by atoms with Crippen molar-refractivity contribution in [1.29, 1.82) is 5.26 Å². The Morgan fingerprint density at radius 3 is 2.74 bits per heavy atom. The van der Waals surface area contributed by atoms with Gasteiger partial charge in [-0.25, -0.2) is 19.2 Å². The first-order valence-corrected chi connectivity index (χ1v) is 15.1. The van der Waals surface area contributed by atoms with E-state index in [-0.39, 0.29) is 29.3 Å². The van der Waals surface area contributed by atoms with Crippen LogP contribution in [0.4, 0.5) is 4.39 Å². The van der Waals surface area contributed by atoms with Gasteiger partial charge in [0.05, 0.1) is 40.9 Å². The third-order valence-electron chi connectivity index (χ3n) is 9.64. The number of carboxylic acid groups (broad SMARTS) is 1. The number of carboxylic acids is 1. The monoisotopic (exact) mass is 580 g/mol. The molecule has 0 amide bonds. The minimum Gasteiger partial charge on any atom is -0.478 e. The number of aromatic carboxylic acids is 1. The molecule has 8 nitrogen and oxygen atoms in total.